The van der Waals surface area contributed by atoms with Gasteiger partial charge in [0, 0.05) is 31.1 Å². The Balaban J connectivity index is 2.40. The predicted octanol–water partition coefficient (Wildman–Crippen LogP) is 2.95. The van der Waals surface area contributed by atoms with Crippen LogP contribution in [0, 0.1) is 6.92 Å². The average molecular weight is 292 g/mol. The molecule has 1 aliphatic heterocycles. The fourth-order valence-corrected chi connectivity index (χ4v) is 2.78. The maximum absolute atomic E-state index is 5.83. The summed E-state index contributed by atoms with van der Waals surface area (Å²) < 4.78 is 5.83. The van der Waals surface area contributed by atoms with Gasteiger partial charge in [0.1, 0.15) is 17.5 Å². The molecule has 21 heavy (non-hydrogen) atoms. The molecule has 5 nitrogen and oxygen atoms in total. The molecule has 5 heteroatoms. The van der Waals surface area contributed by atoms with Crippen molar-refractivity contribution in [2.24, 2.45) is 0 Å². The summed E-state index contributed by atoms with van der Waals surface area (Å²) in [5.74, 6) is 3.22. The third kappa shape index (κ3) is 3.64. The van der Waals surface area contributed by atoms with Gasteiger partial charge in [0.25, 0.3) is 0 Å². The van der Waals surface area contributed by atoms with Crippen LogP contribution in [0.15, 0.2) is 0 Å². The number of nitrogens with zero attached hydrogens (tertiary/aromatic N) is 3. The van der Waals surface area contributed by atoms with E-state index in [9.17, 15) is 0 Å². The van der Waals surface area contributed by atoms with Crippen molar-refractivity contribution < 1.29 is 4.74 Å². The van der Waals surface area contributed by atoms with E-state index in [0.29, 0.717) is 5.92 Å². The van der Waals surface area contributed by atoms with Crippen molar-refractivity contribution in [3.63, 3.8) is 0 Å². The molecule has 0 aliphatic carbocycles. The second-order valence-electron chi connectivity index (χ2n) is 6.23. The second-order valence-corrected chi connectivity index (χ2v) is 6.23. The lowest BCUT2D eigenvalue weighted by molar-refractivity contribution is -0.00550. The average Bonchev–Trinajstić information content (AvgIpc) is 2.39. The SMILES string of the molecule is CCNc1nc(C(C)C)nc(N2C[C@@H](C)O[C@@H](C)C2)c1C. The van der Waals surface area contributed by atoms with Gasteiger partial charge in [0.15, 0.2) is 0 Å². The Bertz CT molecular complexity index is 479. The highest BCUT2D eigenvalue weighted by molar-refractivity contribution is 5.59. The zero-order chi connectivity index (χ0) is 15.6. The van der Waals surface area contributed by atoms with Gasteiger partial charge in [0.05, 0.1) is 12.2 Å². The van der Waals surface area contributed by atoms with Crippen LogP contribution in [0.4, 0.5) is 11.6 Å². The number of hydrogen-bond acceptors (Lipinski definition) is 5. The number of aromatic nitrogens is 2. The molecule has 2 heterocycles. The summed E-state index contributed by atoms with van der Waals surface area (Å²) in [6, 6.07) is 0. The van der Waals surface area contributed by atoms with Crippen molar-refractivity contribution in [3.05, 3.63) is 11.4 Å². The van der Waals surface area contributed by atoms with Gasteiger partial charge < -0.3 is 15.0 Å². The standard InChI is InChI=1S/C16H28N4O/c1-7-17-15-13(6)16(19-14(18-15)10(2)3)20-8-11(4)21-12(5)9-20/h10-12H,7-9H2,1-6H3,(H,17,18,19)/t11-,12+. The number of anilines is 2. The minimum Gasteiger partial charge on any atom is -0.372 e. The first kappa shape index (κ1) is 16.0. The summed E-state index contributed by atoms with van der Waals surface area (Å²) in [5, 5.41) is 3.36. The van der Waals surface area contributed by atoms with Crippen LogP contribution in [-0.4, -0.2) is 41.8 Å². The molecule has 0 bridgehead atoms. The van der Waals surface area contributed by atoms with E-state index in [-0.39, 0.29) is 12.2 Å². The van der Waals surface area contributed by atoms with Crippen LogP contribution < -0.4 is 10.2 Å². The van der Waals surface area contributed by atoms with Gasteiger partial charge in [-0.3, -0.25) is 0 Å². The van der Waals surface area contributed by atoms with Crippen molar-refractivity contribution in [2.75, 3.05) is 29.9 Å². The largest absolute Gasteiger partial charge is 0.372 e. The first-order valence-electron chi connectivity index (χ1n) is 7.95. The molecular weight excluding hydrogens is 264 g/mol. The van der Waals surface area contributed by atoms with Crippen molar-refractivity contribution in [1.82, 2.24) is 9.97 Å². The predicted molar refractivity (Wildman–Crippen MR) is 87.2 cm³/mol. The van der Waals surface area contributed by atoms with E-state index in [2.05, 4.69) is 56.7 Å². The Morgan fingerprint density at radius 3 is 2.38 bits per heavy atom. The molecule has 0 aromatic carbocycles. The molecule has 1 fully saturated rings. The smallest absolute Gasteiger partial charge is 0.137 e. The topological polar surface area (TPSA) is 50.3 Å². The van der Waals surface area contributed by atoms with Crippen molar-refractivity contribution >= 4 is 11.6 Å². The van der Waals surface area contributed by atoms with E-state index in [1.54, 1.807) is 0 Å². The van der Waals surface area contributed by atoms with Crippen molar-refractivity contribution in [2.45, 2.75) is 59.7 Å². The van der Waals surface area contributed by atoms with Crippen LogP contribution in [0.1, 0.15) is 51.9 Å². The second kappa shape index (κ2) is 6.60. The van der Waals surface area contributed by atoms with E-state index in [4.69, 9.17) is 9.72 Å². The van der Waals surface area contributed by atoms with Crippen LogP contribution in [0.2, 0.25) is 0 Å². The zero-order valence-corrected chi connectivity index (χ0v) is 14.1. The third-order valence-corrected chi connectivity index (χ3v) is 3.72. The zero-order valence-electron chi connectivity index (χ0n) is 14.1. The first-order chi connectivity index (χ1) is 9.92. The van der Waals surface area contributed by atoms with Crippen LogP contribution in [0.25, 0.3) is 0 Å². The normalized spacial score (nSPS) is 22.7. The lowest BCUT2D eigenvalue weighted by Crippen LogP contribution is -2.46. The minimum atomic E-state index is 0.230. The molecule has 1 aromatic rings. The molecule has 1 N–H and O–H groups in total. The Morgan fingerprint density at radius 1 is 1.24 bits per heavy atom. The van der Waals surface area contributed by atoms with Crippen LogP contribution >= 0.6 is 0 Å². The van der Waals surface area contributed by atoms with Gasteiger partial charge in [-0.25, -0.2) is 9.97 Å². The van der Waals surface area contributed by atoms with E-state index >= 15 is 0 Å². The summed E-state index contributed by atoms with van der Waals surface area (Å²) in [6.45, 7) is 15.3. The van der Waals surface area contributed by atoms with Gasteiger partial charge in [-0.1, -0.05) is 13.8 Å². The Kier molecular flexibility index (Phi) is 5.04. The molecule has 118 valence electrons. The molecule has 2 rings (SSSR count). The van der Waals surface area contributed by atoms with Crippen molar-refractivity contribution in [3.8, 4) is 0 Å². The summed E-state index contributed by atoms with van der Waals surface area (Å²) in [4.78, 5) is 11.8. The first-order valence-corrected chi connectivity index (χ1v) is 7.95. The van der Waals surface area contributed by atoms with E-state index in [1.807, 2.05) is 0 Å². The fourth-order valence-electron chi connectivity index (χ4n) is 2.78. The van der Waals surface area contributed by atoms with Crippen LogP contribution in [-0.2, 0) is 4.74 Å². The summed E-state index contributed by atoms with van der Waals surface area (Å²) in [7, 11) is 0. The highest BCUT2D eigenvalue weighted by Crippen LogP contribution is 2.28. The lowest BCUT2D eigenvalue weighted by atomic mass is 10.1. The molecule has 0 saturated carbocycles. The fraction of sp³-hybridized carbons (Fsp3) is 0.750. The van der Waals surface area contributed by atoms with E-state index in [0.717, 1.165) is 42.7 Å². The maximum Gasteiger partial charge on any atom is 0.137 e. The lowest BCUT2D eigenvalue weighted by Gasteiger charge is -2.37. The van der Waals surface area contributed by atoms with E-state index in [1.165, 1.54) is 0 Å². The van der Waals surface area contributed by atoms with Crippen molar-refractivity contribution in [1.29, 1.82) is 0 Å². The number of nitrogens with one attached hydrogen (secondary N) is 1. The summed E-state index contributed by atoms with van der Waals surface area (Å²) in [6.07, 6.45) is 0.460. The molecule has 0 unspecified atom stereocenters. The Morgan fingerprint density at radius 2 is 1.86 bits per heavy atom. The minimum absolute atomic E-state index is 0.230. The molecule has 0 spiro atoms. The number of morpholine rings is 1. The van der Waals surface area contributed by atoms with Gasteiger partial charge in [-0.15, -0.1) is 0 Å². The molecule has 0 amide bonds. The highest BCUT2D eigenvalue weighted by atomic mass is 16.5. The molecule has 0 radical (unpaired) electrons. The van der Waals surface area contributed by atoms with Gasteiger partial charge in [-0.2, -0.15) is 0 Å². The summed E-state index contributed by atoms with van der Waals surface area (Å²) in [5.41, 5.74) is 1.13. The van der Waals surface area contributed by atoms with E-state index < -0.39 is 0 Å². The van der Waals surface area contributed by atoms with Crippen LogP contribution in [0.5, 0.6) is 0 Å². The quantitative estimate of drug-likeness (QED) is 0.924. The monoisotopic (exact) mass is 292 g/mol. The summed E-state index contributed by atoms with van der Waals surface area (Å²) >= 11 is 0. The van der Waals surface area contributed by atoms with Gasteiger partial charge in [-0.05, 0) is 27.7 Å². The Labute approximate surface area is 128 Å². The van der Waals surface area contributed by atoms with Gasteiger partial charge in [0.2, 0.25) is 0 Å². The maximum atomic E-state index is 5.83. The molecule has 1 aliphatic rings. The number of ether oxygens (including phenoxy) is 1. The number of hydrogen-bond donors (Lipinski definition) is 1. The highest BCUT2D eigenvalue weighted by Gasteiger charge is 2.26. The molecular formula is C16H28N4O. The van der Waals surface area contributed by atoms with Gasteiger partial charge >= 0.3 is 0 Å². The molecule has 2 atom stereocenters. The molecule has 1 aromatic heterocycles. The molecule has 1 saturated heterocycles. The Hall–Kier alpha value is -1.36. The third-order valence-electron chi connectivity index (χ3n) is 3.72. The van der Waals surface area contributed by atoms with Crippen LogP contribution in [0.3, 0.4) is 0 Å². The number of rotatable bonds is 4.